The van der Waals surface area contributed by atoms with Gasteiger partial charge in [-0.2, -0.15) is 0 Å². The van der Waals surface area contributed by atoms with Crippen LogP contribution in [0.2, 0.25) is 5.02 Å². The summed E-state index contributed by atoms with van der Waals surface area (Å²) in [7, 11) is 0. The maximum atomic E-state index is 12.0. The highest BCUT2D eigenvalue weighted by molar-refractivity contribution is 6.30. The van der Waals surface area contributed by atoms with Gasteiger partial charge in [-0.15, -0.1) is 0 Å². The zero-order valence-electron chi connectivity index (χ0n) is 11.5. The van der Waals surface area contributed by atoms with Crippen LogP contribution in [-0.2, 0) is 9.59 Å². The van der Waals surface area contributed by atoms with Crippen molar-refractivity contribution in [1.82, 2.24) is 4.90 Å². The number of amides is 1. The van der Waals surface area contributed by atoms with E-state index in [0.717, 1.165) is 0 Å². The number of nitrogens with zero attached hydrogens (tertiary/aromatic N) is 1. The molecule has 110 valence electrons. The maximum absolute atomic E-state index is 12.0. The van der Waals surface area contributed by atoms with Gasteiger partial charge in [-0.25, -0.2) is 0 Å². The van der Waals surface area contributed by atoms with Crippen LogP contribution in [0.1, 0.15) is 20.3 Å². The smallest absolute Gasteiger partial charge is 0.305 e. The minimum absolute atomic E-state index is 0.0866. The van der Waals surface area contributed by atoms with Crippen molar-refractivity contribution < 1.29 is 19.4 Å². The highest BCUT2D eigenvalue weighted by Gasteiger charge is 2.21. The number of carbonyl (C=O) groups excluding carboxylic acids is 1. The first kappa shape index (κ1) is 16.3. The fourth-order valence-corrected chi connectivity index (χ4v) is 2.06. The summed E-state index contributed by atoms with van der Waals surface area (Å²) in [4.78, 5) is 24.2. The number of carbonyl (C=O) groups is 2. The minimum Gasteiger partial charge on any atom is -0.484 e. The fraction of sp³-hybridized carbons (Fsp3) is 0.429. The summed E-state index contributed by atoms with van der Waals surface area (Å²) in [6, 6.07) is 6.39. The molecule has 0 aliphatic carbocycles. The Morgan fingerprint density at radius 1 is 1.45 bits per heavy atom. The zero-order valence-corrected chi connectivity index (χ0v) is 12.3. The number of ether oxygens (including phenoxy) is 1. The molecule has 0 saturated heterocycles. The van der Waals surface area contributed by atoms with Crippen molar-refractivity contribution in [3.05, 3.63) is 29.3 Å². The Hall–Kier alpha value is -1.75. The van der Waals surface area contributed by atoms with E-state index in [1.807, 2.05) is 0 Å². The quantitative estimate of drug-likeness (QED) is 0.839. The molecule has 1 unspecified atom stereocenters. The van der Waals surface area contributed by atoms with Crippen LogP contribution in [0.15, 0.2) is 24.3 Å². The molecule has 0 heterocycles. The van der Waals surface area contributed by atoms with Crippen molar-refractivity contribution in [3.63, 3.8) is 0 Å². The molecule has 0 aliphatic heterocycles. The number of hydrogen-bond acceptors (Lipinski definition) is 3. The predicted molar refractivity (Wildman–Crippen MR) is 76.0 cm³/mol. The normalized spacial score (nSPS) is 11.8. The molecule has 0 bridgehead atoms. The highest BCUT2D eigenvalue weighted by Crippen LogP contribution is 2.17. The van der Waals surface area contributed by atoms with Gasteiger partial charge in [-0.3, -0.25) is 9.59 Å². The first-order chi connectivity index (χ1) is 9.43. The first-order valence-corrected chi connectivity index (χ1v) is 6.71. The number of rotatable bonds is 7. The van der Waals surface area contributed by atoms with E-state index in [4.69, 9.17) is 21.4 Å². The van der Waals surface area contributed by atoms with Crippen LogP contribution in [-0.4, -0.2) is 41.1 Å². The fourth-order valence-electron chi connectivity index (χ4n) is 1.88. The lowest BCUT2D eigenvalue weighted by Crippen LogP contribution is -2.42. The molecule has 6 heteroatoms. The van der Waals surface area contributed by atoms with E-state index in [-0.39, 0.29) is 25.0 Å². The van der Waals surface area contributed by atoms with E-state index in [9.17, 15) is 9.59 Å². The van der Waals surface area contributed by atoms with Gasteiger partial charge < -0.3 is 14.7 Å². The Labute approximate surface area is 123 Å². The number of halogens is 1. The molecule has 1 atom stereocenters. The van der Waals surface area contributed by atoms with Gasteiger partial charge in [0, 0.05) is 17.6 Å². The second-order valence-electron chi connectivity index (χ2n) is 4.37. The van der Waals surface area contributed by atoms with Crippen LogP contribution in [0, 0.1) is 0 Å². The molecule has 1 rings (SSSR count). The van der Waals surface area contributed by atoms with Gasteiger partial charge in [0.15, 0.2) is 6.61 Å². The first-order valence-electron chi connectivity index (χ1n) is 6.33. The van der Waals surface area contributed by atoms with Gasteiger partial charge >= 0.3 is 5.97 Å². The summed E-state index contributed by atoms with van der Waals surface area (Å²) in [5, 5.41) is 9.29. The highest BCUT2D eigenvalue weighted by atomic mass is 35.5. The minimum atomic E-state index is -0.931. The van der Waals surface area contributed by atoms with Crippen molar-refractivity contribution >= 4 is 23.5 Å². The van der Waals surface area contributed by atoms with E-state index in [1.54, 1.807) is 38.1 Å². The number of carboxylic acids is 1. The largest absolute Gasteiger partial charge is 0.484 e. The summed E-state index contributed by atoms with van der Waals surface area (Å²) >= 11 is 5.82. The Balaban J connectivity index is 2.57. The molecule has 5 nitrogen and oxygen atoms in total. The molecule has 0 saturated carbocycles. The molecular formula is C14H18ClNO4. The van der Waals surface area contributed by atoms with Crippen LogP contribution in [0.3, 0.4) is 0 Å². The monoisotopic (exact) mass is 299 g/mol. The maximum Gasteiger partial charge on any atom is 0.305 e. The van der Waals surface area contributed by atoms with Gasteiger partial charge in [0.2, 0.25) is 0 Å². The lowest BCUT2D eigenvalue weighted by Gasteiger charge is -2.27. The number of benzene rings is 1. The summed E-state index contributed by atoms with van der Waals surface area (Å²) in [6.45, 7) is 3.80. The third-order valence-electron chi connectivity index (χ3n) is 2.82. The average molecular weight is 300 g/mol. The Morgan fingerprint density at radius 2 is 2.15 bits per heavy atom. The molecule has 1 aromatic rings. The van der Waals surface area contributed by atoms with Crippen LogP contribution in [0.4, 0.5) is 0 Å². The van der Waals surface area contributed by atoms with Crippen LogP contribution < -0.4 is 4.74 Å². The van der Waals surface area contributed by atoms with Crippen LogP contribution >= 0.6 is 11.6 Å². The second-order valence-corrected chi connectivity index (χ2v) is 4.81. The molecule has 0 aliphatic rings. The standard InChI is InChI=1S/C14H18ClNO4/c1-3-16(10(2)7-14(18)19)13(17)9-20-12-6-4-5-11(15)8-12/h4-6,8,10H,3,7,9H2,1-2H3,(H,18,19). The molecule has 0 radical (unpaired) electrons. The van der Waals surface area contributed by atoms with Crippen molar-refractivity contribution in [2.45, 2.75) is 26.3 Å². The lowest BCUT2D eigenvalue weighted by atomic mass is 10.2. The molecule has 0 aromatic heterocycles. The topological polar surface area (TPSA) is 66.8 Å². The van der Waals surface area contributed by atoms with Crippen molar-refractivity contribution in [1.29, 1.82) is 0 Å². The molecule has 1 N–H and O–H groups in total. The molecule has 1 aromatic carbocycles. The van der Waals surface area contributed by atoms with E-state index in [1.165, 1.54) is 4.90 Å². The van der Waals surface area contributed by atoms with Crippen LogP contribution in [0.5, 0.6) is 5.75 Å². The number of carboxylic acid groups (broad SMARTS) is 1. The molecule has 0 spiro atoms. The zero-order chi connectivity index (χ0) is 15.1. The lowest BCUT2D eigenvalue weighted by molar-refractivity contribution is -0.141. The van der Waals surface area contributed by atoms with E-state index < -0.39 is 5.97 Å². The Kier molecular flexibility index (Phi) is 6.31. The third kappa shape index (κ3) is 5.09. The van der Waals surface area contributed by atoms with Gasteiger partial charge in [0.1, 0.15) is 5.75 Å². The predicted octanol–water partition coefficient (Wildman–Crippen LogP) is 2.43. The molecule has 20 heavy (non-hydrogen) atoms. The van der Waals surface area contributed by atoms with Crippen LogP contribution in [0.25, 0.3) is 0 Å². The molecular weight excluding hydrogens is 282 g/mol. The summed E-state index contributed by atoms with van der Waals surface area (Å²) in [5.74, 6) is -0.673. The number of hydrogen-bond donors (Lipinski definition) is 1. The van der Waals surface area contributed by atoms with E-state index in [0.29, 0.717) is 17.3 Å². The van der Waals surface area contributed by atoms with Gasteiger partial charge in [0.05, 0.1) is 6.42 Å². The average Bonchev–Trinajstić information content (AvgIpc) is 2.36. The van der Waals surface area contributed by atoms with Gasteiger partial charge in [-0.1, -0.05) is 17.7 Å². The van der Waals surface area contributed by atoms with Crippen molar-refractivity contribution in [2.75, 3.05) is 13.2 Å². The molecule has 1 amide bonds. The van der Waals surface area contributed by atoms with Gasteiger partial charge in [-0.05, 0) is 32.0 Å². The summed E-state index contributed by atoms with van der Waals surface area (Å²) in [5.41, 5.74) is 0. The second kappa shape index (κ2) is 7.75. The van der Waals surface area contributed by atoms with Gasteiger partial charge in [0.25, 0.3) is 5.91 Å². The van der Waals surface area contributed by atoms with E-state index >= 15 is 0 Å². The van der Waals surface area contributed by atoms with Crippen molar-refractivity contribution in [3.8, 4) is 5.75 Å². The number of aliphatic carboxylic acids is 1. The Bertz CT molecular complexity index is 478. The third-order valence-corrected chi connectivity index (χ3v) is 3.06. The summed E-state index contributed by atoms with van der Waals surface area (Å²) in [6.07, 6.45) is -0.0866. The SMILES string of the molecule is CCN(C(=O)COc1cccc(Cl)c1)C(C)CC(=O)O. The Morgan fingerprint density at radius 3 is 2.70 bits per heavy atom. The van der Waals surface area contributed by atoms with E-state index in [2.05, 4.69) is 0 Å². The molecule has 0 fully saturated rings. The summed E-state index contributed by atoms with van der Waals surface area (Å²) < 4.78 is 5.36. The number of likely N-dealkylation sites (N-methyl/N-ethyl adjacent to an activating group) is 1. The van der Waals surface area contributed by atoms with Crippen molar-refractivity contribution in [2.24, 2.45) is 0 Å².